The fraction of sp³-hybridized carbons (Fsp3) is 0.0769. The smallest absolute Gasteiger partial charge is 0.167 e. The van der Waals surface area contributed by atoms with Crippen molar-refractivity contribution >= 4 is 39.2 Å². The molecule has 0 bridgehead atoms. The molecule has 0 saturated carbocycles. The van der Waals surface area contributed by atoms with Gasteiger partial charge in [0.2, 0.25) is 0 Å². The number of hydrogen-bond acceptors (Lipinski definition) is 3. The molecule has 5 rings (SSSR count). The monoisotopic (exact) mass is 426 g/mol. The summed E-state index contributed by atoms with van der Waals surface area (Å²) in [4.78, 5) is 20.9. The SMILES string of the molecule is COc1ccc(-c2nc3ccc(C(=O)Cc4cccc(Cl)c4)cc3[nH]2)c2ccccc12. The number of rotatable bonds is 5. The van der Waals surface area contributed by atoms with Gasteiger partial charge in [0.05, 0.1) is 18.1 Å². The minimum atomic E-state index is 0.0372. The van der Waals surface area contributed by atoms with Crippen molar-refractivity contribution in [1.29, 1.82) is 0 Å². The normalized spacial score (nSPS) is 11.2. The van der Waals surface area contributed by atoms with Gasteiger partial charge in [0.15, 0.2) is 5.78 Å². The summed E-state index contributed by atoms with van der Waals surface area (Å²) in [5, 5.41) is 2.71. The molecule has 0 unspecified atom stereocenters. The largest absolute Gasteiger partial charge is 0.496 e. The topological polar surface area (TPSA) is 55.0 Å². The second-order valence-corrected chi connectivity index (χ2v) is 7.84. The van der Waals surface area contributed by atoms with E-state index in [4.69, 9.17) is 21.3 Å². The molecule has 152 valence electrons. The van der Waals surface area contributed by atoms with Gasteiger partial charge in [0.1, 0.15) is 11.6 Å². The third-order valence-corrected chi connectivity index (χ3v) is 5.65. The fourth-order valence-electron chi connectivity index (χ4n) is 3.90. The highest BCUT2D eigenvalue weighted by molar-refractivity contribution is 6.30. The molecule has 0 saturated heterocycles. The van der Waals surface area contributed by atoms with Crippen molar-refractivity contribution < 1.29 is 9.53 Å². The number of nitrogens with one attached hydrogen (secondary N) is 1. The average Bonchev–Trinajstić information content (AvgIpc) is 3.21. The predicted molar refractivity (Wildman–Crippen MR) is 125 cm³/mol. The van der Waals surface area contributed by atoms with E-state index in [-0.39, 0.29) is 5.78 Å². The molecule has 31 heavy (non-hydrogen) atoms. The molecule has 0 aliphatic heterocycles. The van der Waals surface area contributed by atoms with Gasteiger partial charge in [-0.2, -0.15) is 0 Å². The third kappa shape index (κ3) is 3.66. The first-order valence-electron chi connectivity index (χ1n) is 9.96. The molecule has 0 spiro atoms. The van der Waals surface area contributed by atoms with Crippen molar-refractivity contribution in [2.45, 2.75) is 6.42 Å². The van der Waals surface area contributed by atoms with Gasteiger partial charge in [-0.3, -0.25) is 4.79 Å². The third-order valence-electron chi connectivity index (χ3n) is 5.42. The Bertz CT molecular complexity index is 1440. The summed E-state index contributed by atoms with van der Waals surface area (Å²) >= 11 is 6.04. The van der Waals surface area contributed by atoms with Crippen molar-refractivity contribution in [3.05, 3.63) is 95.0 Å². The number of ketones is 1. The highest BCUT2D eigenvalue weighted by Crippen LogP contribution is 2.34. The van der Waals surface area contributed by atoms with E-state index in [1.165, 1.54) is 0 Å². The van der Waals surface area contributed by atoms with Crippen LogP contribution in [-0.4, -0.2) is 22.9 Å². The van der Waals surface area contributed by atoms with E-state index in [1.807, 2.05) is 66.7 Å². The van der Waals surface area contributed by atoms with Crippen LogP contribution in [0.4, 0.5) is 0 Å². The first kappa shape index (κ1) is 19.3. The molecule has 0 amide bonds. The van der Waals surface area contributed by atoms with E-state index in [1.54, 1.807) is 13.2 Å². The number of imidazole rings is 1. The lowest BCUT2D eigenvalue weighted by Gasteiger charge is -2.08. The molecule has 0 aliphatic carbocycles. The summed E-state index contributed by atoms with van der Waals surface area (Å²) in [6, 6.07) is 25.0. The Kier molecular flexibility index (Phi) is 4.92. The Morgan fingerprint density at radius 2 is 1.81 bits per heavy atom. The van der Waals surface area contributed by atoms with E-state index in [0.717, 1.165) is 44.5 Å². The number of Topliss-reactive ketones (excluding diaryl/α,β-unsaturated/α-hetero) is 1. The highest BCUT2D eigenvalue weighted by Gasteiger charge is 2.14. The molecule has 0 aliphatic rings. The molecule has 0 atom stereocenters. The van der Waals surface area contributed by atoms with Gasteiger partial charge >= 0.3 is 0 Å². The van der Waals surface area contributed by atoms with Crippen molar-refractivity contribution in [1.82, 2.24) is 9.97 Å². The summed E-state index contributed by atoms with van der Waals surface area (Å²) in [7, 11) is 1.67. The van der Waals surface area contributed by atoms with Crippen LogP contribution < -0.4 is 4.74 Å². The Hall–Kier alpha value is -3.63. The number of ether oxygens (including phenoxy) is 1. The number of fused-ring (bicyclic) bond motifs is 2. The Morgan fingerprint density at radius 1 is 0.968 bits per heavy atom. The lowest BCUT2D eigenvalue weighted by atomic mass is 10.0. The number of methoxy groups -OCH3 is 1. The molecule has 5 heteroatoms. The molecular weight excluding hydrogens is 408 g/mol. The zero-order chi connectivity index (χ0) is 21.4. The molecule has 1 N–H and O–H groups in total. The average molecular weight is 427 g/mol. The molecule has 0 radical (unpaired) electrons. The van der Waals surface area contributed by atoms with Crippen LogP contribution in [0.3, 0.4) is 0 Å². The number of H-pyrrole nitrogens is 1. The summed E-state index contributed by atoms with van der Waals surface area (Å²) in [5.41, 5.74) is 4.16. The zero-order valence-electron chi connectivity index (χ0n) is 16.9. The first-order valence-corrected chi connectivity index (χ1v) is 10.3. The van der Waals surface area contributed by atoms with E-state index in [2.05, 4.69) is 11.1 Å². The van der Waals surface area contributed by atoms with Crippen LogP contribution in [0.5, 0.6) is 5.75 Å². The van der Waals surface area contributed by atoms with Crippen LogP contribution in [0.1, 0.15) is 15.9 Å². The number of hydrogen-bond donors (Lipinski definition) is 1. The number of aromatic amines is 1. The highest BCUT2D eigenvalue weighted by atomic mass is 35.5. The van der Waals surface area contributed by atoms with E-state index < -0.39 is 0 Å². The lowest BCUT2D eigenvalue weighted by molar-refractivity contribution is 0.0993. The van der Waals surface area contributed by atoms with Crippen LogP contribution in [0, 0.1) is 0 Å². The quantitative estimate of drug-likeness (QED) is 0.327. The van der Waals surface area contributed by atoms with Gasteiger partial charge < -0.3 is 9.72 Å². The molecule has 4 aromatic carbocycles. The van der Waals surface area contributed by atoms with Gasteiger partial charge in [-0.05, 0) is 53.4 Å². The Morgan fingerprint density at radius 3 is 2.61 bits per heavy atom. The fourth-order valence-corrected chi connectivity index (χ4v) is 4.11. The minimum absolute atomic E-state index is 0.0372. The number of carbonyl (C=O) groups excluding carboxylic acids is 1. The summed E-state index contributed by atoms with van der Waals surface area (Å²) in [5.74, 6) is 1.62. The second-order valence-electron chi connectivity index (χ2n) is 7.41. The Labute approximate surface area is 184 Å². The van der Waals surface area contributed by atoms with E-state index in [0.29, 0.717) is 17.0 Å². The minimum Gasteiger partial charge on any atom is -0.496 e. The maximum absolute atomic E-state index is 12.8. The van der Waals surface area contributed by atoms with Crippen LogP contribution in [-0.2, 0) is 6.42 Å². The number of carbonyl (C=O) groups is 1. The number of nitrogens with zero attached hydrogens (tertiary/aromatic N) is 1. The van der Waals surface area contributed by atoms with Gasteiger partial charge in [-0.1, -0.05) is 48.0 Å². The molecule has 4 nitrogen and oxygen atoms in total. The van der Waals surface area contributed by atoms with Crippen molar-refractivity contribution in [2.24, 2.45) is 0 Å². The summed E-state index contributed by atoms with van der Waals surface area (Å²) in [6.45, 7) is 0. The molecule has 5 aromatic rings. The van der Waals surface area contributed by atoms with Gasteiger partial charge in [0.25, 0.3) is 0 Å². The maximum Gasteiger partial charge on any atom is 0.167 e. The van der Waals surface area contributed by atoms with Crippen LogP contribution in [0.2, 0.25) is 5.02 Å². The van der Waals surface area contributed by atoms with Crippen molar-refractivity contribution in [3.8, 4) is 17.1 Å². The van der Waals surface area contributed by atoms with E-state index >= 15 is 0 Å². The van der Waals surface area contributed by atoms with Gasteiger partial charge in [0, 0.05) is 28.0 Å². The van der Waals surface area contributed by atoms with Crippen molar-refractivity contribution in [2.75, 3.05) is 7.11 Å². The van der Waals surface area contributed by atoms with Gasteiger partial charge in [-0.25, -0.2) is 4.98 Å². The van der Waals surface area contributed by atoms with Crippen LogP contribution in [0.15, 0.2) is 78.9 Å². The second kappa shape index (κ2) is 7.89. The summed E-state index contributed by atoms with van der Waals surface area (Å²) < 4.78 is 5.50. The maximum atomic E-state index is 12.8. The van der Waals surface area contributed by atoms with Gasteiger partial charge in [-0.15, -0.1) is 0 Å². The molecule has 1 heterocycles. The number of halogens is 1. The van der Waals surface area contributed by atoms with Crippen molar-refractivity contribution in [3.63, 3.8) is 0 Å². The molecule has 1 aromatic heterocycles. The number of aromatic nitrogens is 2. The van der Waals surface area contributed by atoms with Crippen LogP contribution >= 0.6 is 11.6 Å². The predicted octanol–water partition coefficient (Wildman–Crippen LogP) is 6.47. The standard InChI is InChI=1S/C26H19ClN2O2/c1-31-25-12-10-21(19-7-2-3-8-20(19)25)26-28-22-11-9-17(15-23(22)29-26)24(30)14-16-5-4-6-18(27)13-16/h2-13,15H,14H2,1H3,(H,28,29). The Balaban J connectivity index is 1.52. The summed E-state index contributed by atoms with van der Waals surface area (Å²) in [6.07, 6.45) is 0.302. The molecular formula is C26H19ClN2O2. The lowest BCUT2D eigenvalue weighted by Crippen LogP contribution is -2.03. The first-order chi connectivity index (χ1) is 15.1. The van der Waals surface area contributed by atoms with Crippen LogP contribution in [0.25, 0.3) is 33.2 Å². The number of benzene rings is 4. The zero-order valence-corrected chi connectivity index (χ0v) is 17.6. The molecule has 0 fully saturated rings. The van der Waals surface area contributed by atoms with E-state index in [9.17, 15) is 4.79 Å².